The van der Waals surface area contributed by atoms with Crippen molar-refractivity contribution >= 4 is 11.8 Å². The van der Waals surface area contributed by atoms with Gasteiger partial charge in [0.1, 0.15) is 0 Å². The summed E-state index contributed by atoms with van der Waals surface area (Å²) in [4.78, 5) is 0. The third kappa shape index (κ3) is 2.43. The van der Waals surface area contributed by atoms with E-state index >= 15 is 0 Å². The molecule has 90 valence electrons. The molecule has 1 heterocycles. The summed E-state index contributed by atoms with van der Waals surface area (Å²) in [7, 11) is 1.98. The fourth-order valence-electron chi connectivity index (χ4n) is 2.08. The molecule has 1 aliphatic rings. The standard InChI is InChI=1S/C12H21N3S/c1-9(11-7-15(3)14-10(11)2)13-8-12(16-4)5-6-12/h7,9,13H,5-6,8H2,1-4H3. The maximum atomic E-state index is 4.38. The quantitative estimate of drug-likeness (QED) is 0.855. The average Bonchev–Trinajstić information content (AvgIpc) is 2.96. The molecule has 3 nitrogen and oxygen atoms in total. The van der Waals surface area contributed by atoms with Crippen LogP contribution in [0.15, 0.2) is 6.20 Å². The van der Waals surface area contributed by atoms with Crippen molar-refractivity contribution in [3.8, 4) is 0 Å². The molecule has 1 fully saturated rings. The summed E-state index contributed by atoms with van der Waals surface area (Å²) in [5, 5.41) is 8.02. The topological polar surface area (TPSA) is 29.9 Å². The van der Waals surface area contributed by atoms with Gasteiger partial charge in [-0.2, -0.15) is 16.9 Å². The second-order valence-electron chi connectivity index (χ2n) is 4.83. The van der Waals surface area contributed by atoms with Crippen LogP contribution in [0, 0.1) is 6.92 Å². The van der Waals surface area contributed by atoms with E-state index in [0.717, 1.165) is 12.2 Å². The fourth-order valence-corrected chi connectivity index (χ4v) is 2.82. The first-order valence-corrected chi connectivity index (χ1v) is 7.07. The van der Waals surface area contributed by atoms with Crippen LogP contribution in [-0.2, 0) is 7.05 Å². The number of aryl methyl sites for hydroxylation is 2. The van der Waals surface area contributed by atoms with Crippen LogP contribution in [0.25, 0.3) is 0 Å². The molecule has 16 heavy (non-hydrogen) atoms. The average molecular weight is 239 g/mol. The summed E-state index contributed by atoms with van der Waals surface area (Å²) in [6, 6.07) is 0.401. The molecule has 1 N–H and O–H groups in total. The molecule has 1 saturated carbocycles. The molecule has 1 aliphatic carbocycles. The molecular weight excluding hydrogens is 218 g/mol. The Morgan fingerprint density at radius 1 is 1.62 bits per heavy atom. The fraction of sp³-hybridized carbons (Fsp3) is 0.750. The molecule has 4 heteroatoms. The van der Waals surface area contributed by atoms with E-state index in [-0.39, 0.29) is 0 Å². The van der Waals surface area contributed by atoms with Gasteiger partial charge in [0.2, 0.25) is 0 Å². The zero-order valence-electron chi connectivity index (χ0n) is 10.6. The number of hydrogen-bond donors (Lipinski definition) is 1. The predicted molar refractivity (Wildman–Crippen MR) is 69.8 cm³/mol. The zero-order chi connectivity index (χ0) is 11.8. The van der Waals surface area contributed by atoms with Crippen molar-refractivity contribution in [2.75, 3.05) is 12.8 Å². The molecule has 1 aromatic heterocycles. The Morgan fingerprint density at radius 2 is 2.31 bits per heavy atom. The molecule has 1 atom stereocenters. The number of thioether (sulfide) groups is 1. The van der Waals surface area contributed by atoms with E-state index in [1.807, 2.05) is 23.5 Å². The van der Waals surface area contributed by atoms with Crippen molar-refractivity contribution in [1.82, 2.24) is 15.1 Å². The van der Waals surface area contributed by atoms with Crippen LogP contribution in [0.3, 0.4) is 0 Å². The van der Waals surface area contributed by atoms with E-state index in [1.54, 1.807) is 0 Å². The largest absolute Gasteiger partial charge is 0.309 e. The first-order valence-electron chi connectivity index (χ1n) is 5.85. The predicted octanol–water partition coefficient (Wildman–Crippen LogP) is 2.27. The summed E-state index contributed by atoms with van der Waals surface area (Å²) in [5.41, 5.74) is 2.45. The van der Waals surface area contributed by atoms with E-state index in [0.29, 0.717) is 10.8 Å². The Morgan fingerprint density at radius 3 is 2.75 bits per heavy atom. The number of rotatable bonds is 5. The molecule has 0 bridgehead atoms. The van der Waals surface area contributed by atoms with E-state index < -0.39 is 0 Å². The van der Waals surface area contributed by atoms with Crippen LogP contribution in [0.1, 0.15) is 37.1 Å². The highest BCUT2D eigenvalue weighted by Gasteiger charge is 2.41. The molecule has 0 aromatic carbocycles. The Bertz CT molecular complexity index is 368. The Kier molecular flexibility index (Phi) is 3.31. The Labute approximate surface area is 102 Å². The van der Waals surface area contributed by atoms with Gasteiger partial charge in [0.25, 0.3) is 0 Å². The molecule has 0 spiro atoms. The summed E-state index contributed by atoms with van der Waals surface area (Å²) in [5.74, 6) is 0. The van der Waals surface area contributed by atoms with Gasteiger partial charge >= 0.3 is 0 Å². The molecule has 0 amide bonds. The maximum Gasteiger partial charge on any atom is 0.0641 e. The van der Waals surface area contributed by atoms with Crippen molar-refractivity contribution in [2.45, 2.75) is 37.5 Å². The minimum absolute atomic E-state index is 0.401. The normalized spacial score (nSPS) is 19.8. The number of aromatic nitrogens is 2. The minimum Gasteiger partial charge on any atom is -0.309 e. The summed E-state index contributed by atoms with van der Waals surface area (Å²) < 4.78 is 2.43. The van der Waals surface area contributed by atoms with Gasteiger partial charge in [-0.1, -0.05) is 0 Å². The molecule has 0 saturated heterocycles. The van der Waals surface area contributed by atoms with Crippen molar-refractivity contribution in [2.24, 2.45) is 7.05 Å². The van der Waals surface area contributed by atoms with E-state index in [9.17, 15) is 0 Å². The lowest BCUT2D eigenvalue weighted by atomic mass is 10.1. The third-order valence-corrected chi connectivity index (χ3v) is 4.91. The van der Waals surface area contributed by atoms with Gasteiger partial charge in [0.15, 0.2) is 0 Å². The summed E-state index contributed by atoms with van der Waals surface area (Å²) in [6.07, 6.45) is 7.06. The molecule has 0 radical (unpaired) electrons. The van der Waals surface area contributed by atoms with Crippen LogP contribution >= 0.6 is 11.8 Å². The van der Waals surface area contributed by atoms with Gasteiger partial charge in [0, 0.05) is 36.1 Å². The SMILES string of the molecule is CSC1(CNC(C)c2cn(C)nc2C)CC1. The zero-order valence-corrected chi connectivity index (χ0v) is 11.4. The van der Waals surface area contributed by atoms with Gasteiger partial charge in [-0.05, 0) is 32.9 Å². The van der Waals surface area contributed by atoms with E-state index in [1.165, 1.54) is 18.4 Å². The van der Waals surface area contributed by atoms with E-state index in [2.05, 4.69) is 36.7 Å². The highest BCUT2D eigenvalue weighted by molar-refractivity contribution is 8.00. The van der Waals surface area contributed by atoms with Crippen LogP contribution in [-0.4, -0.2) is 27.3 Å². The highest BCUT2D eigenvalue weighted by Crippen LogP contribution is 2.46. The lowest BCUT2D eigenvalue weighted by Crippen LogP contribution is -2.28. The second-order valence-corrected chi connectivity index (χ2v) is 6.11. The van der Waals surface area contributed by atoms with Gasteiger partial charge in [-0.3, -0.25) is 4.68 Å². The van der Waals surface area contributed by atoms with Gasteiger partial charge in [-0.15, -0.1) is 0 Å². The summed E-state index contributed by atoms with van der Waals surface area (Å²) in [6.45, 7) is 5.42. The van der Waals surface area contributed by atoms with E-state index in [4.69, 9.17) is 0 Å². The highest BCUT2D eigenvalue weighted by atomic mass is 32.2. The molecule has 1 unspecified atom stereocenters. The van der Waals surface area contributed by atoms with Gasteiger partial charge in [-0.25, -0.2) is 0 Å². The molecular formula is C12H21N3S. The lowest BCUT2D eigenvalue weighted by Gasteiger charge is -2.18. The molecule has 1 aromatic rings. The third-order valence-electron chi connectivity index (χ3n) is 3.49. The van der Waals surface area contributed by atoms with Crippen molar-refractivity contribution in [3.05, 3.63) is 17.5 Å². The van der Waals surface area contributed by atoms with Crippen molar-refractivity contribution in [1.29, 1.82) is 0 Å². The second kappa shape index (κ2) is 4.41. The van der Waals surface area contributed by atoms with Crippen molar-refractivity contribution in [3.63, 3.8) is 0 Å². The van der Waals surface area contributed by atoms with Gasteiger partial charge < -0.3 is 5.32 Å². The molecule has 0 aliphatic heterocycles. The van der Waals surface area contributed by atoms with Crippen molar-refractivity contribution < 1.29 is 0 Å². The van der Waals surface area contributed by atoms with Gasteiger partial charge in [0.05, 0.1) is 5.69 Å². The summed E-state index contributed by atoms with van der Waals surface area (Å²) >= 11 is 2.00. The number of nitrogens with zero attached hydrogens (tertiary/aromatic N) is 2. The first kappa shape index (κ1) is 12.0. The van der Waals surface area contributed by atoms with Crippen LogP contribution < -0.4 is 5.32 Å². The lowest BCUT2D eigenvalue weighted by molar-refractivity contribution is 0.561. The number of hydrogen-bond acceptors (Lipinski definition) is 3. The van der Waals surface area contributed by atoms with Crippen LogP contribution in [0.5, 0.6) is 0 Å². The smallest absolute Gasteiger partial charge is 0.0641 e. The van der Waals surface area contributed by atoms with Crippen LogP contribution in [0.4, 0.5) is 0 Å². The maximum absolute atomic E-state index is 4.38. The first-order chi connectivity index (χ1) is 7.56. The molecule has 2 rings (SSSR count). The minimum atomic E-state index is 0.401. The van der Waals surface area contributed by atoms with Crippen LogP contribution in [0.2, 0.25) is 0 Å². The Balaban J connectivity index is 1.93. The Hall–Kier alpha value is -0.480. The monoisotopic (exact) mass is 239 g/mol. The number of nitrogens with one attached hydrogen (secondary N) is 1.